The molecule has 2 aromatic heterocycles. The van der Waals surface area contributed by atoms with E-state index in [-0.39, 0.29) is 30.3 Å². The molecule has 3 heterocycles. The van der Waals surface area contributed by atoms with Gasteiger partial charge in [0.1, 0.15) is 0 Å². The Morgan fingerprint density at radius 1 is 1.20 bits per heavy atom. The number of nitrogens with zero attached hydrogens (tertiary/aromatic N) is 2. The summed E-state index contributed by atoms with van der Waals surface area (Å²) in [5.74, 6) is -0.273. The summed E-state index contributed by atoms with van der Waals surface area (Å²) in [6.45, 7) is 3.10. The first-order valence-electron chi connectivity index (χ1n) is 11.1. The highest BCUT2D eigenvalue weighted by molar-refractivity contribution is 7.12. The van der Waals surface area contributed by atoms with E-state index in [9.17, 15) is 9.59 Å². The van der Waals surface area contributed by atoms with Crippen LogP contribution >= 0.6 is 23.7 Å². The molecule has 1 fully saturated rings. The van der Waals surface area contributed by atoms with Crippen molar-refractivity contribution in [2.24, 2.45) is 5.73 Å². The van der Waals surface area contributed by atoms with Crippen molar-refractivity contribution < 1.29 is 9.59 Å². The maximum atomic E-state index is 13.0. The standard InChI is InChI=1S/C26H25N5O2S.ClH/c1-16-11-13-34-24(16)25(32)28-23-14-18(26(33)31-12-10-19(27)15-31)7-6-17(23)8-9-22-20-4-2-3-5-21(20)29-30-22;/h2-9,11,13-14,19H,10,12,15,27H2,1H3,(H,28,32)(H,29,30);1H/b9-8+;. The molecule has 1 aliphatic heterocycles. The molecule has 5 rings (SSSR count). The van der Waals surface area contributed by atoms with Gasteiger partial charge >= 0.3 is 0 Å². The smallest absolute Gasteiger partial charge is 0.266 e. The van der Waals surface area contributed by atoms with E-state index in [4.69, 9.17) is 5.73 Å². The van der Waals surface area contributed by atoms with Crippen LogP contribution in [-0.4, -0.2) is 46.0 Å². The quantitative estimate of drug-likeness (QED) is 0.355. The van der Waals surface area contributed by atoms with Gasteiger partial charge in [-0.25, -0.2) is 0 Å². The number of para-hydroxylation sites is 1. The Kier molecular flexibility index (Phi) is 7.35. The molecule has 0 spiro atoms. The third kappa shape index (κ3) is 5.14. The Balaban J connectivity index is 0.00000289. The Bertz CT molecular complexity index is 1410. The molecule has 0 saturated carbocycles. The number of amides is 2. The lowest BCUT2D eigenvalue weighted by molar-refractivity contribution is 0.0790. The number of aromatic nitrogens is 2. The minimum atomic E-state index is -0.194. The molecule has 1 aliphatic rings. The summed E-state index contributed by atoms with van der Waals surface area (Å²) in [4.78, 5) is 28.4. The summed E-state index contributed by atoms with van der Waals surface area (Å²) in [6, 6.07) is 15.2. The maximum absolute atomic E-state index is 13.0. The monoisotopic (exact) mass is 507 g/mol. The van der Waals surface area contributed by atoms with Gasteiger partial charge in [-0.1, -0.05) is 30.3 Å². The number of anilines is 1. The van der Waals surface area contributed by atoms with Gasteiger partial charge in [0.05, 0.1) is 16.1 Å². The third-order valence-electron chi connectivity index (χ3n) is 6.05. The summed E-state index contributed by atoms with van der Waals surface area (Å²) in [5, 5.41) is 13.3. The molecular formula is C26H26ClN5O2S. The fourth-order valence-corrected chi connectivity index (χ4v) is 4.98. The minimum Gasteiger partial charge on any atom is -0.337 e. The summed E-state index contributed by atoms with van der Waals surface area (Å²) in [5.41, 5.74) is 10.5. The number of halogens is 1. The number of carbonyl (C=O) groups is 2. The van der Waals surface area contributed by atoms with Gasteiger partial charge in [0.2, 0.25) is 0 Å². The fourth-order valence-electron chi connectivity index (χ4n) is 4.16. The van der Waals surface area contributed by atoms with Crippen molar-refractivity contribution in [2.75, 3.05) is 18.4 Å². The average molecular weight is 508 g/mol. The van der Waals surface area contributed by atoms with E-state index in [2.05, 4.69) is 15.5 Å². The van der Waals surface area contributed by atoms with E-state index >= 15 is 0 Å². The van der Waals surface area contributed by atoms with Crippen LogP contribution in [0.2, 0.25) is 0 Å². The van der Waals surface area contributed by atoms with E-state index in [1.165, 1.54) is 11.3 Å². The van der Waals surface area contributed by atoms with Gasteiger partial charge in [0.25, 0.3) is 11.8 Å². The van der Waals surface area contributed by atoms with Crippen LogP contribution < -0.4 is 11.1 Å². The summed E-state index contributed by atoms with van der Waals surface area (Å²) in [6.07, 6.45) is 4.60. The molecule has 0 radical (unpaired) electrons. The van der Waals surface area contributed by atoms with Gasteiger partial charge in [0, 0.05) is 35.8 Å². The second kappa shape index (κ2) is 10.4. The normalized spacial score (nSPS) is 15.5. The van der Waals surface area contributed by atoms with E-state index in [1.807, 2.05) is 60.9 Å². The van der Waals surface area contributed by atoms with E-state index in [0.29, 0.717) is 29.2 Å². The third-order valence-corrected chi connectivity index (χ3v) is 7.06. The van der Waals surface area contributed by atoms with Crippen LogP contribution in [-0.2, 0) is 0 Å². The molecule has 7 nitrogen and oxygen atoms in total. The van der Waals surface area contributed by atoms with Crippen LogP contribution in [0.5, 0.6) is 0 Å². The van der Waals surface area contributed by atoms with Crippen LogP contribution in [0.4, 0.5) is 5.69 Å². The molecule has 9 heteroatoms. The van der Waals surface area contributed by atoms with Gasteiger partial charge in [-0.3, -0.25) is 14.7 Å². The molecule has 1 atom stereocenters. The number of nitrogens with one attached hydrogen (secondary N) is 2. The highest BCUT2D eigenvalue weighted by Crippen LogP contribution is 2.26. The Morgan fingerprint density at radius 2 is 2.03 bits per heavy atom. The van der Waals surface area contributed by atoms with E-state index in [1.54, 1.807) is 17.0 Å². The van der Waals surface area contributed by atoms with Crippen LogP contribution in [0.3, 0.4) is 0 Å². The molecular weight excluding hydrogens is 482 g/mol. The largest absolute Gasteiger partial charge is 0.337 e. The number of benzene rings is 2. The molecule has 1 saturated heterocycles. The molecule has 0 bridgehead atoms. The number of likely N-dealkylation sites (tertiary alicyclic amines) is 1. The first-order chi connectivity index (χ1) is 16.5. The van der Waals surface area contributed by atoms with Crippen molar-refractivity contribution in [1.29, 1.82) is 0 Å². The summed E-state index contributed by atoms with van der Waals surface area (Å²) in [7, 11) is 0. The molecule has 4 N–H and O–H groups in total. The predicted octanol–water partition coefficient (Wildman–Crippen LogP) is 4.95. The summed E-state index contributed by atoms with van der Waals surface area (Å²) < 4.78 is 0. The van der Waals surface area contributed by atoms with Gasteiger partial charge in [-0.15, -0.1) is 23.7 Å². The van der Waals surface area contributed by atoms with Gasteiger partial charge < -0.3 is 16.0 Å². The van der Waals surface area contributed by atoms with Crippen molar-refractivity contribution >= 4 is 64.3 Å². The number of thiophene rings is 1. The molecule has 2 amide bonds. The minimum absolute atomic E-state index is 0. The zero-order chi connectivity index (χ0) is 23.7. The number of aromatic amines is 1. The molecule has 2 aromatic carbocycles. The van der Waals surface area contributed by atoms with Gasteiger partial charge in [0.15, 0.2) is 0 Å². The predicted molar refractivity (Wildman–Crippen MR) is 144 cm³/mol. The van der Waals surface area contributed by atoms with E-state index < -0.39 is 0 Å². The lowest BCUT2D eigenvalue weighted by atomic mass is 10.1. The highest BCUT2D eigenvalue weighted by Gasteiger charge is 2.25. The molecule has 4 aromatic rings. The van der Waals surface area contributed by atoms with Crippen molar-refractivity contribution in [3.8, 4) is 0 Å². The zero-order valence-electron chi connectivity index (χ0n) is 19.2. The lowest BCUT2D eigenvalue weighted by Gasteiger charge is -2.17. The van der Waals surface area contributed by atoms with Crippen LogP contribution in [0.1, 0.15) is 43.3 Å². The first-order valence-corrected chi connectivity index (χ1v) is 12.0. The second-order valence-electron chi connectivity index (χ2n) is 8.48. The topological polar surface area (TPSA) is 104 Å². The van der Waals surface area contributed by atoms with Crippen molar-refractivity contribution in [2.45, 2.75) is 19.4 Å². The zero-order valence-corrected chi connectivity index (χ0v) is 20.8. The van der Waals surface area contributed by atoms with Crippen molar-refractivity contribution in [3.05, 3.63) is 81.2 Å². The number of aryl methyl sites for hydroxylation is 1. The number of hydrogen-bond donors (Lipinski definition) is 3. The van der Waals surface area contributed by atoms with Crippen molar-refractivity contribution in [3.63, 3.8) is 0 Å². The van der Waals surface area contributed by atoms with Crippen LogP contribution in [0.15, 0.2) is 53.9 Å². The fraction of sp³-hybridized carbons (Fsp3) is 0.192. The number of nitrogens with two attached hydrogens (primary N) is 1. The number of fused-ring (bicyclic) bond motifs is 1. The van der Waals surface area contributed by atoms with Gasteiger partial charge in [-0.2, -0.15) is 5.10 Å². The average Bonchev–Trinajstić information content (AvgIpc) is 3.57. The Labute approximate surface area is 213 Å². The Morgan fingerprint density at radius 3 is 2.77 bits per heavy atom. The van der Waals surface area contributed by atoms with Crippen molar-refractivity contribution in [1.82, 2.24) is 15.1 Å². The maximum Gasteiger partial charge on any atom is 0.266 e. The van der Waals surface area contributed by atoms with Crippen LogP contribution in [0, 0.1) is 6.92 Å². The molecule has 1 unspecified atom stereocenters. The lowest BCUT2D eigenvalue weighted by Crippen LogP contribution is -2.31. The number of rotatable bonds is 5. The molecule has 180 valence electrons. The number of H-pyrrole nitrogens is 1. The number of hydrogen-bond acceptors (Lipinski definition) is 5. The first kappa shape index (κ1) is 24.7. The molecule has 35 heavy (non-hydrogen) atoms. The summed E-state index contributed by atoms with van der Waals surface area (Å²) >= 11 is 1.39. The number of carbonyl (C=O) groups excluding carboxylic acids is 2. The van der Waals surface area contributed by atoms with Gasteiger partial charge in [-0.05, 0) is 60.2 Å². The van der Waals surface area contributed by atoms with E-state index in [0.717, 1.165) is 34.1 Å². The Hall–Kier alpha value is -3.46. The molecule has 0 aliphatic carbocycles. The van der Waals surface area contributed by atoms with Crippen LogP contribution in [0.25, 0.3) is 23.1 Å². The SMILES string of the molecule is Cc1ccsc1C(=O)Nc1cc(C(=O)N2CCC(N)C2)ccc1/C=C/c1n[nH]c2ccccc12.Cl. The second-order valence-corrected chi connectivity index (χ2v) is 9.39. The highest BCUT2D eigenvalue weighted by atomic mass is 35.5.